The molecule has 17 rings (SSSR count). The van der Waals surface area contributed by atoms with E-state index < -0.39 is 35.4 Å². The number of nitrogens with two attached hydrogens (primary N) is 6. The quantitative estimate of drug-likeness (QED) is 0.0170. The summed E-state index contributed by atoms with van der Waals surface area (Å²) < 4.78 is 11.4. The molecule has 6 amide bonds. The maximum Gasteiger partial charge on any atom is 0.254 e. The van der Waals surface area contributed by atoms with Crippen LogP contribution in [-0.4, -0.2) is 191 Å². The summed E-state index contributed by atoms with van der Waals surface area (Å²) in [5, 5.41) is 46.7. The van der Waals surface area contributed by atoms with Crippen molar-refractivity contribution in [3.63, 3.8) is 0 Å². The molecule has 11 saturated carbocycles. The van der Waals surface area contributed by atoms with E-state index in [4.69, 9.17) is 63.8 Å². The second-order valence-corrected chi connectivity index (χ2v) is 45.7. The van der Waals surface area contributed by atoms with Crippen molar-refractivity contribution in [1.29, 1.82) is 0 Å². The van der Waals surface area contributed by atoms with E-state index in [1.807, 2.05) is 13.8 Å². The Hall–Kier alpha value is -10.5. The zero-order chi connectivity index (χ0) is 107. The van der Waals surface area contributed by atoms with Crippen LogP contribution in [0, 0.1) is 39.4 Å². The van der Waals surface area contributed by atoms with Crippen LogP contribution in [-0.2, 0) is 35.2 Å². The number of rotatable bonds is 40. The first-order valence-electron chi connectivity index (χ1n) is 57.3. The maximum atomic E-state index is 11.9. The Morgan fingerprint density at radius 1 is 0.342 bits per heavy atom. The smallest absolute Gasteiger partial charge is 0.254 e. The molecule has 3 atom stereocenters. The van der Waals surface area contributed by atoms with Crippen molar-refractivity contribution in [2.24, 2.45) is 73.8 Å². The number of aromatic nitrogens is 12. The molecule has 6 aromatic heterocycles. The number of primary amides is 6. The number of aliphatic hydroxyl groups excluding tert-OH is 2. The fraction of sp³-hybridized carbons (Fsp3) is 0.735. The molecule has 0 aromatic carbocycles. The van der Waals surface area contributed by atoms with E-state index in [1.165, 1.54) is 160 Å². The highest BCUT2D eigenvalue weighted by Crippen LogP contribution is 2.50. The SMILES string of the molecule is CCC(CC)Nc1nc(NC2CCC(O)CC2)ncc1C(N)=O.CCC1(Cc2nc(NC3CCC(C)CC3)ncc2C(N)=O)CCC1.CCC1CCC(Nc2ncc(C(N)=O)c(CC3(CC)CCC3)n2)CC1.CCOC1CCC(Nc2ncc(C(N)=O)c(CC3(C)CCCCC3)n2)CC1.CCOC1CCC(Nc2ncc(C(N)=O)c(CC3(CC)CCC3)n2)CC1.C[C@@H]1CC[C@@H](Nc2nc(NC3CCCC3)ncc2C(N)=O)C[C@H]1O. The Kier molecular flexibility index (Phi) is 45.1. The minimum absolute atomic E-state index is 0.0866. The maximum absolute atomic E-state index is 11.9. The molecule has 0 aliphatic heterocycles. The van der Waals surface area contributed by atoms with Gasteiger partial charge in [0.15, 0.2) is 0 Å². The van der Waals surface area contributed by atoms with Crippen molar-refractivity contribution >= 4 is 82.8 Å². The molecule has 824 valence electrons. The van der Waals surface area contributed by atoms with Crippen molar-refractivity contribution in [3.8, 4) is 0 Å². The third-order valence-corrected chi connectivity index (χ3v) is 34.9. The van der Waals surface area contributed by atoms with Gasteiger partial charge < -0.3 is 96.6 Å². The van der Waals surface area contributed by atoms with Crippen LogP contribution in [0.1, 0.15) is 463 Å². The molecular formula is C113H182N26O10. The number of carbonyl (C=O) groups is 6. The Bertz CT molecular complexity index is 5180. The first kappa shape index (κ1) is 117. The Balaban J connectivity index is 0.000000159. The molecule has 0 spiro atoms. The lowest BCUT2D eigenvalue weighted by Crippen LogP contribution is -2.35. The predicted molar refractivity (Wildman–Crippen MR) is 589 cm³/mol. The Labute approximate surface area is 885 Å². The number of hydrogen-bond acceptors (Lipinski definition) is 30. The van der Waals surface area contributed by atoms with Crippen molar-refractivity contribution < 1.29 is 48.5 Å². The van der Waals surface area contributed by atoms with Crippen LogP contribution in [0.15, 0.2) is 37.2 Å². The highest BCUT2D eigenvalue weighted by Gasteiger charge is 2.42. The number of nitrogens with zero attached hydrogens (tertiary/aromatic N) is 12. The molecule has 11 aliphatic carbocycles. The van der Waals surface area contributed by atoms with E-state index in [0.29, 0.717) is 146 Å². The second-order valence-electron chi connectivity index (χ2n) is 45.7. The number of hydrogen-bond donors (Lipinski definition) is 16. The zero-order valence-corrected chi connectivity index (χ0v) is 91.6. The van der Waals surface area contributed by atoms with Gasteiger partial charge in [0.05, 0.1) is 80.6 Å². The van der Waals surface area contributed by atoms with Crippen LogP contribution in [0.4, 0.5) is 47.3 Å². The third kappa shape index (κ3) is 35.0. The zero-order valence-electron chi connectivity index (χ0n) is 91.6. The first-order chi connectivity index (χ1) is 71.6. The van der Waals surface area contributed by atoms with Crippen LogP contribution in [0.25, 0.3) is 0 Å². The average molecular weight is 2060 g/mol. The van der Waals surface area contributed by atoms with Crippen molar-refractivity contribution in [2.45, 2.75) is 476 Å². The number of ether oxygens (including phenoxy) is 2. The van der Waals surface area contributed by atoms with Gasteiger partial charge in [-0.2, -0.15) is 9.97 Å². The highest BCUT2D eigenvalue weighted by molar-refractivity contribution is 5.99. The Morgan fingerprint density at radius 2 is 0.651 bits per heavy atom. The van der Waals surface area contributed by atoms with E-state index in [2.05, 4.69) is 145 Å². The van der Waals surface area contributed by atoms with E-state index >= 15 is 0 Å². The molecule has 0 unspecified atom stereocenters. The van der Waals surface area contributed by atoms with Crippen molar-refractivity contribution in [1.82, 2.24) is 59.8 Å². The monoisotopic (exact) mass is 2060 g/mol. The molecule has 0 radical (unpaired) electrons. The molecule has 0 saturated heterocycles. The summed E-state index contributed by atoms with van der Waals surface area (Å²) in [6.45, 7) is 25.5. The van der Waals surface area contributed by atoms with Gasteiger partial charge in [0.25, 0.3) is 35.4 Å². The predicted octanol–water partition coefficient (Wildman–Crippen LogP) is 18.9. The third-order valence-electron chi connectivity index (χ3n) is 34.9. The van der Waals surface area contributed by atoms with Gasteiger partial charge in [-0.1, -0.05) is 139 Å². The normalized spacial score (nSPS) is 25.0. The molecule has 6 aromatic rings. The van der Waals surface area contributed by atoms with Crippen LogP contribution >= 0.6 is 0 Å². The standard InChI is InChI=1S/C21H34N4O2.C20H32N4O2.C20H32N4O.C19H30N4O.C17H27N5O2.C16H27N5O2/c1-3-27-16-9-7-15(8-10-16)24-20-23-14-17(19(22)26)18(25-20)13-21(2)11-5-4-6-12-21;1-3-20(10-5-11-20)12-17-16(18(21)25)13-22-19(24-17)23-14-6-8-15(9-7-14)26-4-2;1-3-14-6-8-15(9-7-14)23-19-22-13-16(18(21)25)17(24-19)12-20(4-2)10-5-11-20;1-3-19(9-4-10-19)11-16-15(17(20)24)12-21-18(23-16)22-14-7-5-13(2)6-8-14;1-10-6-7-12(8-14(10)23)20-16-13(15(18)24)9-19-17(22-16)21-11-4-2-3-5-11;1-3-10(4-2)19-15-13(14(17)23)9-18-16(21-15)20-11-5-7-12(22)8-6-11/h14-16H,3-13H2,1-2H3,(H2,22,26)(H,23,24,25);13-15H,3-12H2,1-2H3,(H2,21,25)(H,22,23,24);13-15H,3-12H2,1-2H3,(H2,21,25)(H,22,23,24);12-14H,3-11H2,1-2H3,(H2,20,24)(H,21,22,23);9-12,14,23H,2-8H2,1H3,(H2,18,24)(H2,19,20,21,22);9-12,22H,3-8H2,1-2H3,(H2,17,23)(H2,18,19,20,21)/t;;;;10-,12-,14-;/m....1./s1. The summed E-state index contributed by atoms with van der Waals surface area (Å²) in [7, 11) is 0. The molecular weight excluding hydrogens is 1880 g/mol. The van der Waals surface area contributed by atoms with Gasteiger partial charge in [-0.05, 0) is 304 Å². The van der Waals surface area contributed by atoms with Crippen molar-refractivity contribution in [3.05, 3.63) is 93.3 Å². The minimum Gasteiger partial charge on any atom is -0.393 e. The minimum atomic E-state index is -0.547. The molecule has 36 heteroatoms. The van der Waals surface area contributed by atoms with Crippen LogP contribution in [0.5, 0.6) is 0 Å². The fourth-order valence-corrected chi connectivity index (χ4v) is 23.9. The van der Waals surface area contributed by atoms with Crippen LogP contribution in [0.3, 0.4) is 0 Å². The van der Waals surface area contributed by atoms with E-state index in [0.717, 1.165) is 221 Å². The number of amides is 6. The summed E-state index contributed by atoms with van der Waals surface area (Å²) in [6, 6.07) is 2.58. The molecule has 22 N–H and O–H groups in total. The number of anilines is 8. The van der Waals surface area contributed by atoms with Gasteiger partial charge in [-0.15, -0.1) is 0 Å². The molecule has 11 aliphatic rings. The van der Waals surface area contributed by atoms with Crippen LogP contribution < -0.4 is 76.9 Å². The van der Waals surface area contributed by atoms with Gasteiger partial charge in [0.2, 0.25) is 35.7 Å². The largest absolute Gasteiger partial charge is 0.393 e. The lowest BCUT2D eigenvalue weighted by atomic mass is 9.64. The summed E-state index contributed by atoms with van der Waals surface area (Å²) in [5.41, 5.74) is 40.0. The summed E-state index contributed by atoms with van der Waals surface area (Å²) >= 11 is 0. The van der Waals surface area contributed by atoms with Gasteiger partial charge in [0.1, 0.15) is 11.6 Å². The van der Waals surface area contributed by atoms with Gasteiger partial charge in [0, 0.05) is 98.7 Å². The first-order valence-corrected chi connectivity index (χ1v) is 57.3. The molecule has 149 heavy (non-hydrogen) atoms. The second kappa shape index (κ2) is 57.3. The lowest BCUT2D eigenvalue weighted by Gasteiger charge is -2.41. The van der Waals surface area contributed by atoms with E-state index in [9.17, 15) is 39.0 Å². The van der Waals surface area contributed by atoms with Gasteiger partial charge in [-0.25, -0.2) is 49.8 Å². The molecule has 6 heterocycles. The molecule has 11 fully saturated rings. The van der Waals surface area contributed by atoms with E-state index in [1.54, 1.807) is 24.8 Å². The fourth-order valence-electron chi connectivity index (χ4n) is 23.9. The summed E-state index contributed by atoms with van der Waals surface area (Å²) in [5.74, 6) is 3.72. The highest BCUT2D eigenvalue weighted by atomic mass is 16.5. The molecule has 0 bridgehead atoms. The number of carbonyl (C=O) groups excluding carboxylic acids is 6. The summed E-state index contributed by atoms with van der Waals surface area (Å²) in [6.07, 6.45) is 65.4. The van der Waals surface area contributed by atoms with Gasteiger partial charge in [-0.3, -0.25) is 28.8 Å². The topological polar surface area (TPSA) is 568 Å². The number of aliphatic hydroxyl groups is 2. The molecule has 36 nitrogen and oxygen atoms in total. The Morgan fingerprint density at radius 3 is 0.973 bits per heavy atom. The summed E-state index contributed by atoms with van der Waals surface area (Å²) in [4.78, 5) is 124. The lowest BCUT2D eigenvalue weighted by molar-refractivity contribution is 0.0345. The van der Waals surface area contributed by atoms with Gasteiger partial charge >= 0.3 is 0 Å². The van der Waals surface area contributed by atoms with E-state index in [-0.39, 0.29) is 41.2 Å². The number of nitrogens with one attached hydrogen (secondary N) is 8. The van der Waals surface area contributed by atoms with Crippen molar-refractivity contribution in [2.75, 3.05) is 55.7 Å². The average Bonchev–Trinajstić information content (AvgIpc) is 1.47. The van der Waals surface area contributed by atoms with Crippen LogP contribution in [0.2, 0.25) is 0 Å².